The van der Waals surface area contributed by atoms with E-state index in [0.29, 0.717) is 5.69 Å². The Balaban J connectivity index is 2.96. The van der Waals surface area contributed by atoms with Crippen LogP contribution < -0.4 is 5.32 Å². The van der Waals surface area contributed by atoms with Crippen molar-refractivity contribution in [3.63, 3.8) is 0 Å². The maximum atomic E-state index is 10.6. The van der Waals surface area contributed by atoms with E-state index in [-0.39, 0.29) is 17.5 Å². The molecule has 0 saturated heterocycles. The first-order chi connectivity index (χ1) is 6.00. The number of H-pyrrole nitrogens is 1. The van der Waals surface area contributed by atoms with Gasteiger partial charge in [0.25, 0.3) is 0 Å². The van der Waals surface area contributed by atoms with Crippen molar-refractivity contribution >= 4 is 17.7 Å². The zero-order chi connectivity index (χ0) is 10.0. The number of anilines is 1. The lowest BCUT2D eigenvalue weighted by molar-refractivity contribution is -0.114. The monoisotopic (exact) mass is 183 g/mol. The lowest BCUT2D eigenvalue weighted by Crippen LogP contribution is -2.07. The van der Waals surface area contributed by atoms with Gasteiger partial charge >= 0.3 is 5.97 Å². The van der Waals surface area contributed by atoms with E-state index in [1.807, 2.05) is 0 Å². The Hall–Kier alpha value is -1.85. The molecule has 1 heterocycles. The second-order valence-corrected chi connectivity index (χ2v) is 2.55. The molecule has 0 bridgehead atoms. The third-order valence-corrected chi connectivity index (χ3v) is 1.38. The minimum atomic E-state index is -1.15. The van der Waals surface area contributed by atoms with Gasteiger partial charge in [-0.1, -0.05) is 0 Å². The summed E-state index contributed by atoms with van der Waals surface area (Å²) in [5.41, 5.74) is 0.521. The lowest BCUT2D eigenvalue weighted by Gasteiger charge is -1.95. The molecular formula is C7H9N3O3. The number of aromatic nitrogens is 2. The van der Waals surface area contributed by atoms with Crippen molar-refractivity contribution < 1.29 is 14.7 Å². The summed E-state index contributed by atoms with van der Waals surface area (Å²) in [7, 11) is 0. The van der Waals surface area contributed by atoms with Crippen molar-refractivity contribution in [1.82, 2.24) is 9.97 Å². The van der Waals surface area contributed by atoms with Gasteiger partial charge in [0.05, 0.1) is 5.69 Å². The fourth-order valence-corrected chi connectivity index (χ4v) is 0.850. The second-order valence-electron chi connectivity index (χ2n) is 2.55. The van der Waals surface area contributed by atoms with Crippen molar-refractivity contribution in [2.75, 3.05) is 5.32 Å². The number of nitrogens with one attached hydrogen (secondary N) is 2. The summed E-state index contributed by atoms with van der Waals surface area (Å²) >= 11 is 0. The van der Waals surface area contributed by atoms with Gasteiger partial charge in [-0.2, -0.15) is 0 Å². The third-order valence-electron chi connectivity index (χ3n) is 1.38. The molecule has 1 aromatic heterocycles. The number of hydrogen-bond acceptors (Lipinski definition) is 3. The van der Waals surface area contributed by atoms with E-state index in [1.165, 1.54) is 6.92 Å². The zero-order valence-electron chi connectivity index (χ0n) is 7.21. The first-order valence-electron chi connectivity index (χ1n) is 3.58. The van der Waals surface area contributed by atoms with Crippen molar-refractivity contribution in [2.24, 2.45) is 0 Å². The van der Waals surface area contributed by atoms with E-state index in [9.17, 15) is 9.59 Å². The highest BCUT2D eigenvalue weighted by atomic mass is 16.4. The molecule has 1 aromatic rings. The standard InChI is InChI=1S/C7H9N3O3/c1-3-5(9-4(2)11)10-6(8-3)7(12)13/h1-2H3,(H,8,10)(H,9,11)(H,12,13). The van der Waals surface area contributed by atoms with Crippen LogP contribution in [0.5, 0.6) is 0 Å². The molecule has 0 radical (unpaired) electrons. The molecule has 6 heteroatoms. The van der Waals surface area contributed by atoms with Gasteiger partial charge in [0.2, 0.25) is 11.7 Å². The smallest absolute Gasteiger partial charge is 0.371 e. The van der Waals surface area contributed by atoms with Gasteiger partial charge in [0.1, 0.15) is 0 Å². The Morgan fingerprint density at radius 3 is 2.54 bits per heavy atom. The zero-order valence-corrected chi connectivity index (χ0v) is 7.21. The number of aryl methyl sites for hydroxylation is 1. The Morgan fingerprint density at radius 2 is 2.15 bits per heavy atom. The minimum absolute atomic E-state index is 0.179. The van der Waals surface area contributed by atoms with Crippen LogP contribution in [0.1, 0.15) is 23.2 Å². The van der Waals surface area contributed by atoms with Crippen LogP contribution in [0.3, 0.4) is 0 Å². The third kappa shape index (κ3) is 2.05. The summed E-state index contributed by atoms with van der Waals surface area (Å²) in [5.74, 6) is -1.36. The van der Waals surface area contributed by atoms with E-state index >= 15 is 0 Å². The Morgan fingerprint density at radius 1 is 1.54 bits per heavy atom. The SMILES string of the molecule is CC(=O)Nc1nc(C(=O)O)[nH]c1C. The molecule has 0 saturated carbocycles. The number of nitrogens with zero attached hydrogens (tertiary/aromatic N) is 1. The molecule has 70 valence electrons. The number of carbonyl (C=O) groups is 2. The average molecular weight is 183 g/mol. The van der Waals surface area contributed by atoms with E-state index < -0.39 is 5.97 Å². The van der Waals surface area contributed by atoms with Crippen molar-refractivity contribution in [3.05, 3.63) is 11.5 Å². The molecule has 0 aliphatic carbocycles. The van der Waals surface area contributed by atoms with Crippen molar-refractivity contribution in [3.8, 4) is 0 Å². The number of aromatic amines is 1. The predicted molar refractivity (Wildman–Crippen MR) is 44.6 cm³/mol. The molecular weight excluding hydrogens is 174 g/mol. The largest absolute Gasteiger partial charge is 0.475 e. The molecule has 1 rings (SSSR count). The number of carboxylic acid groups (broad SMARTS) is 1. The Kier molecular flexibility index (Phi) is 2.32. The molecule has 0 fully saturated rings. The van der Waals surface area contributed by atoms with Crippen LogP contribution in [0.4, 0.5) is 5.82 Å². The maximum absolute atomic E-state index is 10.6. The van der Waals surface area contributed by atoms with Crippen LogP contribution in [0.2, 0.25) is 0 Å². The summed E-state index contributed by atoms with van der Waals surface area (Å²) < 4.78 is 0. The molecule has 6 nitrogen and oxygen atoms in total. The van der Waals surface area contributed by atoms with Gasteiger partial charge in [-0.05, 0) is 6.92 Å². The van der Waals surface area contributed by atoms with E-state index in [0.717, 1.165) is 0 Å². The number of aromatic carboxylic acids is 1. The van der Waals surface area contributed by atoms with Gasteiger partial charge in [-0.15, -0.1) is 0 Å². The highest BCUT2D eigenvalue weighted by molar-refractivity contribution is 5.90. The fourth-order valence-electron chi connectivity index (χ4n) is 0.850. The molecule has 0 aromatic carbocycles. The molecule has 0 atom stereocenters. The van der Waals surface area contributed by atoms with Gasteiger partial charge in [0.15, 0.2) is 5.82 Å². The molecule has 0 spiro atoms. The number of imidazole rings is 1. The number of carbonyl (C=O) groups excluding carboxylic acids is 1. The van der Waals surface area contributed by atoms with Crippen LogP contribution in [0.25, 0.3) is 0 Å². The molecule has 1 amide bonds. The Labute approximate surface area is 74.0 Å². The number of carboxylic acids is 1. The molecule has 0 aliphatic heterocycles. The number of rotatable bonds is 2. The minimum Gasteiger partial charge on any atom is -0.475 e. The number of hydrogen-bond donors (Lipinski definition) is 3. The van der Waals surface area contributed by atoms with Crippen LogP contribution >= 0.6 is 0 Å². The summed E-state index contributed by atoms with van der Waals surface area (Å²) in [6, 6.07) is 0. The van der Waals surface area contributed by atoms with Gasteiger partial charge in [0, 0.05) is 6.92 Å². The van der Waals surface area contributed by atoms with E-state index in [4.69, 9.17) is 5.11 Å². The second kappa shape index (κ2) is 3.26. The summed E-state index contributed by atoms with van der Waals surface area (Å²) in [4.78, 5) is 27.3. The highest BCUT2D eigenvalue weighted by Gasteiger charge is 2.12. The molecule has 0 aliphatic rings. The van der Waals surface area contributed by atoms with E-state index in [2.05, 4.69) is 15.3 Å². The average Bonchev–Trinajstić information content (AvgIpc) is 2.31. The van der Waals surface area contributed by atoms with Crippen LogP contribution in [0, 0.1) is 6.92 Å². The molecule has 0 unspecified atom stereocenters. The molecule has 13 heavy (non-hydrogen) atoms. The quantitative estimate of drug-likeness (QED) is 0.617. The van der Waals surface area contributed by atoms with Gasteiger partial charge in [-0.25, -0.2) is 9.78 Å². The predicted octanol–water partition coefficient (Wildman–Crippen LogP) is 0.375. The van der Waals surface area contributed by atoms with E-state index in [1.54, 1.807) is 6.92 Å². The van der Waals surface area contributed by atoms with Crippen molar-refractivity contribution in [1.29, 1.82) is 0 Å². The first kappa shape index (κ1) is 9.24. The summed E-state index contributed by atoms with van der Waals surface area (Å²) in [5, 5.41) is 11.0. The van der Waals surface area contributed by atoms with Gasteiger partial charge < -0.3 is 15.4 Å². The lowest BCUT2D eigenvalue weighted by atomic mass is 10.5. The molecule has 3 N–H and O–H groups in total. The topological polar surface area (TPSA) is 95.1 Å². The normalized spacial score (nSPS) is 9.69. The Bertz CT molecular complexity index is 356. The van der Waals surface area contributed by atoms with Crippen molar-refractivity contribution in [2.45, 2.75) is 13.8 Å². The maximum Gasteiger partial charge on any atom is 0.371 e. The summed E-state index contributed by atoms with van der Waals surface area (Å²) in [6.45, 7) is 2.96. The first-order valence-corrected chi connectivity index (χ1v) is 3.58. The fraction of sp³-hybridized carbons (Fsp3) is 0.286. The number of amides is 1. The highest BCUT2D eigenvalue weighted by Crippen LogP contribution is 2.10. The summed E-state index contributed by atoms with van der Waals surface area (Å²) in [6.07, 6.45) is 0. The van der Waals surface area contributed by atoms with Gasteiger partial charge in [-0.3, -0.25) is 4.79 Å². The van der Waals surface area contributed by atoms with Crippen LogP contribution in [0.15, 0.2) is 0 Å². The van der Waals surface area contributed by atoms with Crippen LogP contribution in [-0.4, -0.2) is 27.0 Å². The van der Waals surface area contributed by atoms with Crippen LogP contribution in [-0.2, 0) is 4.79 Å².